The molecule has 0 heterocycles. The van der Waals surface area contributed by atoms with Crippen LogP contribution in [0, 0.1) is 0 Å². The number of carbonyl (C=O) groups is 1. The fourth-order valence-electron chi connectivity index (χ4n) is 1.38. The van der Waals surface area contributed by atoms with E-state index in [1.807, 2.05) is 12.1 Å². The number of primary amides is 1. The average molecular weight is 250 g/mol. The van der Waals surface area contributed by atoms with Gasteiger partial charge in [-0.3, -0.25) is 10.1 Å². The third-order valence-electron chi connectivity index (χ3n) is 2.74. The lowest BCUT2D eigenvalue weighted by atomic mass is 10.0. The summed E-state index contributed by atoms with van der Waals surface area (Å²) in [5, 5.41) is 14.7. The van der Waals surface area contributed by atoms with Gasteiger partial charge in [-0.25, -0.2) is 0 Å². The van der Waals surface area contributed by atoms with Crippen molar-refractivity contribution in [3.8, 4) is 0 Å². The van der Waals surface area contributed by atoms with E-state index < -0.39 is 11.4 Å². The number of hydrogen-bond acceptors (Lipinski definition) is 4. The van der Waals surface area contributed by atoms with E-state index in [2.05, 4.69) is 10.5 Å². The smallest absolute Gasteiger partial charge is 0.237 e. The first-order valence-electron chi connectivity index (χ1n) is 5.49. The Morgan fingerprint density at radius 3 is 2.56 bits per heavy atom. The Labute approximate surface area is 106 Å². The standard InChI is InChI=1S/C12H18N4O2/c1-12(2,11(14)17)15-7-8-5-3-4-6-9(8)10(13)16-18/h3-6,15,18H,7H2,1-2H3,(H2,13,16)(H2,14,17). The maximum absolute atomic E-state index is 11.2. The zero-order valence-corrected chi connectivity index (χ0v) is 10.5. The lowest BCUT2D eigenvalue weighted by Gasteiger charge is -2.23. The van der Waals surface area contributed by atoms with E-state index in [1.54, 1.807) is 26.0 Å². The Morgan fingerprint density at radius 2 is 2.00 bits per heavy atom. The van der Waals surface area contributed by atoms with Crippen molar-refractivity contribution in [2.24, 2.45) is 16.6 Å². The van der Waals surface area contributed by atoms with E-state index in [9.17, 15) is 4.79 Å². The number of nitrogens with two attached hydrogens (primary N) is 2. The minimum absolute atomic E-state index is 0.0317. The van der Waals surface area contributed by atoms with Crippen LogP contribution >= 0.6 is 0 Å². The molecule has 0 spiro atoms. The molecular weight excluding hydrogens is 232 g/mol. The van der Waals surface area contributed by atoms with Crippen LogP contribution in [0.3, 0.4) is 0 Å². The maximum Gasteiger partial charge on any atom is 0.237 e. The van der Waals surface area contributed by atoms with Crippen LogP contribution in [0.1, 0.15) is 25.0 Å². The van der Waals surface area contributed by atoms with E-state index in [4.69, 9.17) is 16.7 Å². The molecule has 1 amide bonds. The molecule has 0 saturated carbocycles. The molecule has 0 saturated heterocycles. The van der Waals surface area contributed by atoms with Crippen molar-refractivity contribution in [3.05, 3.63) is 35.4 Å². The summed E-state index contributed by atoms with van der Waals surface area (Å²) in [6, 6.07) is 7.19. The first kappa shape index (κ1) is 14.0. The van der Waals surface area contributed by atoms with Crippen LogP contribution in [0.25, 0.3) is 0 Å². The highest BCUT2D eigenvalue weighted by molar-refractivity contribution is 5.98. The van der Waals surface area contributed by atoms with E-state index in [-0.39, 0.29) is 5.84 Å². The SMILES string of the molecule is CC(C)(NCc1ccccc1C(N)=NO)C(N)=O. The molecule has 1 aromatic carbocycles. The third kappa shape index (κ3) is 3.21. The second-order valence-electron chi connectivity index (χ2n) is 4.49. The third-order valence-corrected chi connectivity index (χ3v) is 2.74. The van der Waals surface area contributed by atoms with Gasteiger partial charge in [-0.15, -0.1) is 0 Å². The topological polar surface area (TPSA) is 114 Å². The van der Waals surface area contributed by atoms with Crippen molar-refractivity contribution in [2.75, 3.05) is 0 Å². The molecule has 0 aromatic heterocycles. The minimum Gasteiger partial charge on any atom is -0.409 e. The highest BCUT2D eigenvalue weighted by Crippen LogP contribution is 2.10. The molecule has 0 atom stereocenters. The van der Waals surface area contributed by atoms with Gasteiger partial charge in [-0.2, -0.15) is 0 Å². The Morgan fingerprint density at radius 1 is 1.39 bits per heavy atom. The number of amides is 1. The quantitative estimate of drug-likeness (QED) is 0.257. The fourth-order valence-corrected chi connectivity index (χ4v) is 1.38. The Balaban J connectivity index is 2.89. The van der Waals surface area contributed by atoms with Gasteiger partial charge in [0, 0.05) is 12.1 Å². The van der Waals surface area contributed by atoms with Crippen molar-refractivity contribution in [1.82, 2.24) is 5.32 Å². The Hall–Kier alpha value is -2.08. The van der Waals surface area contributed by atoms with E-state index in [1.165, 1.54) is 0 Å². The zero-order valence-electron chi connectivity index (χ0n) is 10.5. The summed E-state index contributed by atoms with van der Waals surface area (Å²) in [6.07, 6.45) is 0. The van der Waals surface area contributed by atoms with Gasteiger partial charge < -0.3 is 16.7 Å². The lowest BCUT2D eigenvalue weighted by Crippen LogP contribution is -2.50. The Kier molecular flexibility index (Phi) is 4.28. The normalized spacial score (nSPS) is 12.4. The molecule has 18 heavy (non-hydrogen) atoms. The van der Waals surface area contributed by atoms with Gasteiger partial charge in [-0.1, -0.05) is 29.4 Å². The second kappa shape index (κ2) is 5.50. The van der Waals surface area contributed by atoms with Crippen molar-refractivity contribution >= 4 is 11.7 Å². The molecule has 1 aromatic rings. The predicted octanol–water partition coefficient (Wildman–Crippen LogP) is 0.135. The first-order chi connectivity index (χ1) is 8.38. The zero-order chi connectivity index (χ0) is 13.8. The predicted molar refractivity (Wildman–Crippen MR) is 69.1 cm³/mol. The number of amidine groups is 1. The summed E-state index contributed by atoms with van der Waals surface area (Å²) in [5.41, 5.74) is 11.5. The van der Waals surface area contributed by atoms with Crippen molar-refractivity contribution in [3.63, 3.8) is 0 Å². The molecule has 6 nitrogen and oxygen atoms in total. The lowest BCUT2D eigenvalue weighted by molar-refractivity contribution is -0.123. The number of oxime groups is 1. The van der Waals surface area contributed by atoms with Crippen molar-refractivity contribution in [2.45, 2.75) is 25.9 Å². The first-order valence-corrected chi connectivity index (χ1v) is 5.49. The van der Waals surface area contributed by atoms with E-state index >= 15 is 0 Å². The monoisotopic (exact) mass is 250 g/mol. The number of rotatable bonds is 5. The molecule has 0 fully saturated rings. The van der Waals surface area contributed by atoms with E-state index in [0.717, 1.165) is 5.56 Å². The van der Waals surface area contributed by atoms with Gasteiger partial charge in [0.05, 0.1) is 5.54 Å². The molecule has 0 radical (unpaired) electrons. The number of nitrogens with one attached hydrogen (secondary N) is 1. The molecule has 0 bridgehead atoms. The van der Waals surface area contributed by atoms with Gasteiger partial charge in [0.1, 0.15) is 0 Å². The van der Waals surface area contributed by atoms with Crippen LogP contribution in [0.5, 0.6) is 0 Å². The fraction of sp³-hybridized carbons (Fsp3) is 0.333. The molecule has 98 valence electrons. The molecule has 1 rings (SSSR count). The largest absolute Gasteiger partial charge is 0.409 e. The average Bonchev–Trinajstić information content (AvgIpc) is 2.35. The molecular formula is C12H18N4O2. The van der Waals surface area contributed by atoms with Crippen LogP contribution in [-0.2, 0) is 11.3 Å². The van der Waals surface area contributed by atoms with E-state index in [0.29, 0.717) is 12.1 Å². The molecule has 6 N–H and O–H groups in total. The van der Waals surface area contributed by atoms with Crippen LogP contribution in [0.2, 0.25) is 0 Å². The summed E-state index contributed by atoms with van der Waals surface area (Å²) in [4.78, 5) is 11.2. The van der Waals surface area contributed by atoms with Gasteiger partial charge >= 0.3 is 0 Å². The van der Waals surface area contributed by atoms with Crippen molar-refractivity contribution < 1.29 is 10.0 Å². The molecule has 0 aliphatic heterocycles. The highest BCUT2D eigenvalue weighted by atomic mass is 16.4. The number of benzene rings is 1. The van der Waals surface area contributed by atoms with Crippen LogP contribution in [-0.4, -0.2) is 22.5 Å². The Bertz CT molecular complexity index is 469. The molecule has 0 aliphatic carbocycles. The summed E-state index contributed by atoms with van der Waals surface area (Å²) in [7, 11) is 0. The molecule has 0 aliphatic rings. The number of nitrogens with zero attached hydrogens (tertiary/aromatic N) is 1. The van der Waals surface area contributed by atoms with Crippen molar-refractivity contribution in [1.29, 1.82) is 0 Å². The minimum atomic E-state index is -0.821. The number of hydrogen-bond donors (Lipinski definition) is 4. The molecule has 6 heteroatoms. The van der Waals surface area contributed by atoms with Crippen LogP contribution in [0.15, 0.2) is 29.4 Å². The van der Waals surface area contributed by atoms with Gasteiger partial charge in [0.2, 0.25) is 5.91 Å². The summed E-state index contributed by atoms with van der Waals surface area (Å²) >= 11 is 0. The highest BCUT2D eigenvalue weighted by Gasteiger charge is 2.24. The summed E-state index contributed by atoms with van der Waals surface area (Å²) in [5.74, 6) is -0.409. The van der Waals surface area contributed by atoms with Gasteiger partial charge in [0.15, 0.2) is 5.84 Å². The van der Waals surface area contributed by atoms with Crippen LogP contribution in [0.4, 0.5) is 0 Å². The van der Waals surface area contributed by atoms with Gasteiger partial charge in [0.25, 0.3) is 0 Å². The molecule has 0 unspecified atom stereocenters. The van der Waals surface area contributed by atoms with Crippen LogP contribution < -0.4 is 16.8 Å². The summed E-state index contributed by atoms with van der Waals surface area (Å²) < 4.78 is 0. The van der Waals surface area contributed by atoms with Gasteiger partial charge in [-0.05, 0) is 19.4 Å². The second-order valence-corrected chi connectivity index (χ2v) is 4.49. The summed E-state index contributed by atoms with van der Waals surface area (Å²) in [6.45, 7) is 3.78. The maximum atomic E-state index is 11.2. The number of carbonyl (C=O) groups excluding carboxylic acids is 1.